The van der Waals surface area contributed by atoms with Crippen LogP contribution in [0.4, 0.5) is 18.9 Å². The van der Waals surface area contributed by atoms with Crippen LogP contribution >= 0.6 is 22.9 Å². The molecule has 0 radical (unpaired) electrons. The van der Waals surface area contributed by atoms with E-state index in [1.807, 2.05) is 0 Å². The molecule has 0 aromatic carbocycles. The molecular formula is C17H12ClF3N6OS. The van der Waals surface area contributed by atoms with Crippen LogP contribution in [0.2, 0.25) is 5.02 Å². The van der Waals surface area contributed by atoms with Crippen LogP contribution in [0.3, 0.4) is 0 Å². The Balaban J connectivity index is 1.85. The van der Waals surface area contributed by atoms with Crippen molar-refractivity contribution in [3.8, 4) is 10.6 Å². The van der Waals surface area contributed by atoms with Gasteiger partial charge in [-0.3, -0.25) is 9.48 Å². The first-order valence-electron chi connectivity index (χ1n) is 8.17. The third kappa shape index (κ3) is 3.36. The van der Waals surface area contributed by atoms with Gasteiger partial charge in [-0.2, -0.15) is 23.4 Å². The van der Waals surface area contributed by atoms with Gasteiger partial charge in [0.25, 0.3) is 5.91 Å². The molecule has 0 unspecified atom stereocenters. The predicted octanol–water partition coefficient (Wildman–Crippen LogP) is 4.42. The van der Waals surface area contributed by atoms with Crippen molar-refractivity contribution in [3.63, 3.8) is 0 Å². The molecule has 4 aromatic rings. The number of anilines is 1. The summed E-state index contributed by atoms with van der Waals surface area (Å²) in [5.41, 5.74) is -0.545. The van der Waals surface area contributed by atoms with E-state index in [4.69, 9.17) is 11.6 Å². The number of hydrogen-bond acceptors (Lipinski definition) is 5. The van der Waals surface area contributed by atoms with Crippen LogP contribution in [0.25, 0.3) is 16.2 Å². The van der Waals surface area contributed by atoms with E-state index in [9.17, 15) is 18.0 Å². The van der Waals surface area contributed by atoms with Crippen LogP contribution < -0.4 is 5.32 Å². The van der Waals surface area contributed by atoms with E-state index in [2.05, 4.69) is 20.5 Å². The molecule has 0 saturated heterocycles. The molecule has 0 aliphatic heterocycles. The van der Waals surface area contributed by atoms with Gasteiger partial charge in [0.1, 0.15) is 5.02 Å². The Labute approximate surface area is 170 Å². The van der Waals surface area contributed by atoms with Crippen LogP contribution in [-0.4, -0.2) is 30.3 Å². The number of carbonyl (C=O) groups excluding carboxylic acids is 1. The fourth-order valence-electron chi connectivity index (χ4n) is 2.69. The van der Waals surface area contributed by atoms with E-state index >= 15 is 0 Å². The van der Waals surface area contributed by atoms with Gasteiger partial charge in [-0.05, 0) is 24.4 Å². The van der Waals surface area contributed by atoms with E-state index in [0.29, 0.717) is 20.8 Å². The van der Waals surface area contributed by atoms with E-state index in [0.717, 1.165) is 6.07 Å². The molecular weight excluding hydrogens is 429 g/mol. The van der Waals surface area contributed by atoms with Crippen molar-refractivity contribution in [2.24, 2.45) is 7.05 Å². The molecule has 0 aliphatic rings. The maximum absolute atomic E-state index is 13.6. The molecule has 1 amide bonds. The third-order valence-electron chi connectivity index (χ3n) is 4.30. The summed E-state index contributed by atoms with van der Waals surface area (Å²) in [6.45, 7) is 1.73. The minimum atomic E-state index is -4.73. The number of fused-ring (bicyclic) bond motifs is 1. The smallest absolute Gasteiger partial charge is 0.318 e. The van der Waals surface area contributed by atoms with Crippen molar-refractivity contribution in [2.45, 2.75) is 13.1 Å². The molecule has 150 valence electrons. The molecule has 0 bridgehead atoms. The molecule has 7 nitrogen and oxygen atoms in total. The standard InChI is InChI=1S/C17H12ClF3N6OS/c1-8-10(7-22-26(8)2)24-16(28)14-13(18)15-23-9(11-4-3-5-29-11)6-12(17(19,20)21)27(15)25-14/h3-7H,1-2H3,(H,24,28). The SMILES string of the molecule is Cc1c(NC(=O)c2nn3c(C(F)(F)F)cc(-c4cccs4)nc3c2Cl)cnn1C. The summed E-state index contributed by atoms with van der Waals surface area (Å²) in [5, 5.41) is 11.8. The molecule has 12 heteroatoms. The van der Waals surface area contributed by atoms with Gasteiger partial charge in [0.2, 0.25) is 0 Å². The number of halogens is 4. The van der Waals surface area contributed by atoms with Crippen molar-refractivity contribution in [1.82, 2.24) is 24.4 Å². The van der Waals surface area contributed by atoms with Gasteiger partial charge in [0.05, 0.1) is 28.1 Å². The summed E-state index contributed by atoms with van der Waals surface area (Å²) in [7, 11) is 1.69. The quantitative estimate of drug-likeness (QED) is 0.511. The minimum absolute atomic E-state index is 0.0942. The number of aryl methyl sites for hydroxylation is 1. The molecule has 4 aromatic heterocycles. The summed E-state index contributed by atoms with van der Waals surface area (Å²) in [4.78, 5) is 17.4. The Hall–Kier alpha value is -2.92. The minimum Gasteiger partial charge on any atom is -0.318 e. The molecule has 0 atom stereocenters. The number of nitrogens with one attached hydrogen (secondary N) is 1. The average molecular weight is 441 g/mol. The van der Waals surface area contributed by atoms with Gasteiger partial charge in [0, 0.05) is 7.05 Å². The second-order valence-corrected chi connectivity index (χ2v) is 7.45. The zero-order chi connectivity index (χ0) is 20.9. The summed E-state index contributed by atoms with van der Waals surface area (Å²) >= 11 is 7.46. The Morgan fingerprint density at radius 3 is 2.69 bits per heavy atom. The summed E-state index contributed by atoms with van der Waals surface area (Å²) in [6.07, 6.45) is -3.30. The zero-order valence-corrected chi connectivity index (χ0v) is 16.5. The third-order valence-corrected chi connectivity index (χ3v) is 5.54. The van der Waals surface area contributed by atoms with Gasteiger partial charge in [-0.25, -0.2) is 9.50 Å². The van der Waals surface area contributed by atoms with Gasteiger partial charge in [0.15, 0.2) is 17.0 Å². The number of hydrogen-bond donors (Lipinski definition) is 1. The molecule has 0 saturated carbocycles. The van der Waals surface area contributed by atoms with Gasteiger partial charge < -0.3 is 5.32 Å². The van der Waals surface area contributed by atoms with Gasteiger partial charge >= 0.3 is 6.18 Å². The lowest BCUT2D eigenvalue weighted by atomic mass is 10.2. The molecule has 0 fully saturated rings. The number of aromatic nitrogens is 5. The van der Waals surface area contributed by atoms with E-state index in [1.54, 1.807) is 31.5 Å². The van der Waals surface area contributed by atoms with Crippen molar-refractivity contribution in [1.29, 1.82) is 0 Å². The molecule has 29 heavy (non-hydrogen) atoms. The fraction of sp³-hybridized carbons (Fsp3) is 0.176. The fourth-order valence-corrected chi connectivity index (χ4v) is 3.62. The Kier molecular flexibility index (Phi) is 4.58. The first kappa shape index (κ1) is 19.4. The molecule has 0 aliphatic carbocycles. The monoisotopic (exact) mass is 440 g/mol. The van der Waals surface area contributed by atoms with Gasteiger partial charge in [-0.1, -0.05) is 17.7 Å². The van der Waals surface area contributed by atoms with Crippen molar-refractivity contribution in [2.75, 3.05) is 5.32 Å². The largest absolute Gasteiger partial charge is 0.433 e. The van der Waals surface area contributed by atoms with E-state index in [-0.39, 0.29) is 22.1 Å². The molecule has 4 rings (SSSR count). The second-order valence-electron chi connectivity index (χ2n) is 6.12. The number of thiophene rings is 1. The topological polar surface area (TPSA) is 77.1 Å². The first-order chi connectivity index (χ1) is 13.7. The van der Waals surface area contributed by atoms with E-state index < -0.39 is 17.8 Å². The van der Waals surface area contributed by atoms with Crippen LogP contribution in [0.15, 0.2) is 29.8 Å². The lowest BCUT2D eigenvalue weighted by Crippen LogP contribution is -2.16. The highest BCUT2D eigenvalue weighted by Crippen LogP contribution is 2.35. The number of amides is 1. The molecule has 0 spiro atoms. The van der Waals surface area contributed by atoms with Crippen molar-refractivity contribution >= 4 is 40.2 Å². The van der Waals surface area contributed by atoms with Crippen LogP contribution in [0.5, 0.6) is 0 Å². The van der Waals surface area contributed by atoms with Crippen molar-refractivity contribution < 1.29 is 18.0 Å². The predicted molar refractivity (Wildman–Crippen MR) is 102 cm³/mol. The number of carbonyl (C=O) groups is 1. The maximum Gasteiger partial charge on any atom is 0.433 e. The average Bonchev–Trinajstić information content (AvgIpc) is 3.37. The highest BCUT2D eigenvalue weighted by Gasteiger charge is 2.37. The highest BCUT2D eigenvalue weighted by atomic mass is 35.5. The van der Waals surface area contributed by atoms with Gasteiger partial charge in [-0.15, -0.1) is 11.3 Å². The number of nitrogens with zero attached hydrogens (tertiary/aromatic N) is 5. The molecule has 1 N–H and O–H groups in total. The molecule has 4 heterocycles. The second kappa shape index (κ2) is 6.85. The van der Waals surface area contributed by atoms with E-state index in [1.165, 1.54) is 22.2 Å². The summed E-state index contributed by atoms with van der Waals surface area (Å²) < 4.78 is 43.0. The Morgan fingerprint density at radius 2 is 2.10 bits per heavy atom. The van der Waals surface area contributed by atoms with Crippen molar-refractivity contribution in [3.05, 3.63) is 51.9 Å². The first-order valence-corrected chi connectivity index (χ1v) is 9.43. The normalized spacial score (nSPS) is 11.9. The van der Waals surface area contributed by atoms with Crippen LogP contribution in [0.1, 0.15) is 21.9 Å². The number of alkyl halides is 3. The highest BCUT2D eigenvalue weighted by molar-refractivity contribution is 7.13. The Morgan fingerprint density at radius 1 is 1.34 bits per heavy atom. The lowest BCUT2D eigenvalue weighted by Gasteiger charge is -2.10. The maximum atomic E-state index is 13.6. The van der Waals surface area contributed by atoms with Crippen LogP contribution in [0, 0.1) is 6.92 Å². The number of rotatable bonds is 3. The Bertz CT molecular complexity index is 1230. The summed E-state index contributed by atoms with van der Waals surface area (Å²) in [6, 6.07) is 4.23. The lowest BCUT2D eigenvalue weighted by molar-refractivity contribution is -0.142. The zero-order valence-electron chi connectivity index (χ0n) is 15.0. The summed E-state index contributed by atoms with van der Waals surface area (Å²) in [5.74, 6) is -0.762. The van der Waals surface area contributed by atoms with Crippen LogP contribution in [-0.2, 0) is 13.2 Å².